The molecule has 0 radical (unpaired) electrons. The van der Waals surface area contributed by atoms with E-state index >= 15 is 0 Å². The molecular weight excluding hydrogens is 210 g/mol. The Hall–Kier alpha value is -2.35. The van der Waals surface area contributed by atoms with Crippen LogP contribution in [0.15, 0.2) is 71.5 Å². The van der Waals surface area contributed by atoms with Crippen molar-refractivity contribution in [2.24, 2.45) is 0 Å². The van der Waals surface area contributed by atoms with Crippen LogP contribution in [0.25, 0.3) is 16.6 Å². The zero-order valence-corrected chi connectivity index (χ0v) is 9.21. The first-order valence-electron chi connectivity index (χ1n) is 5.52. The first-order chi connectivity index (χ1) is 8.36. The van der Waals surface area contributed by atoms with E-state index in [-0.39, 0.29) is 5.56 Å². The highest BCUT2D eigenvalue weighted by Gasteiger charge is 2.03. The van der Waals surface area contributed by atoms with E-state index in [1.807, 2.05) is 60.7 Å². The van der Waals surface area contributed by atoms with Crippen molar-refractivity contribution >= 4 is 10.9 Å². The van der Waals surface area contributed by atoms with Crippen molar-refractivity contribution < 1.29 is 0 Å². The fraction of sp³-hybridized carbons (Fsp3) is 0. The molecule has 1 heterocycles. The molecule has 3 aromatic rings. The number of nitrogens with zero attached hydrogens (tertiary/aromatic N) is 1. The van der Waals surface area contributed by atoms with Crippen LogP contribution in [0.2, 0.25) is 0 Å². The van der Waals surface area contributed by atoms with Crippen LogP contribution >= 0.6 is 0 Å². The van der Waals surface area contributed by atoms with E-state index in [9.17, 15) is 4.79 Å². The predicted molar refractivity (Wildman–Crippen MR) is 69.5 cm³/mol. The van der Waals surface area contributed by atoms with Gasteiger partial charge in [-0.1, -0.05) is 36.4 Å². The third-order valence-corrected chi connectivity index (χ3v) is 2.82. The van der Waals surface area contributed by atoms with Crippen molar-refractivity contribution in [1.82, 2.24) is 4.57 Å². The Morgan fingerprint density at radius 1 is 0.706 bits per heavy atom. The second-order valence-electron chi connectivity index (χ2n) is 3.90. The summed E-state index contributed by atoms with van der Waals surface area (Å²) in [5.41, 5.74) is 1.83. The van der Waals surface area contributed by atoms with Crippen LogP contribution in [0.3, 0.4) is 0 Å². The van der Waals surface area contributed by atoms with Crippen LogP contribution in [0, 0.1) is 0 Å². The number of rotatable bonds is 1. The summed E-state index contributed by atoms with van der Waals surface area (Å²) in [6, 6.07) is 21.0. The third kappa shape index (κ3) is 1.64. The molecular formula is C15H11NO. The van der Waals surface area contributed by atoms with E-state index in [0.29, 0.717) is 0 Å². The minimum atomic E-state index is -0.00472. The Morgan fingerprint density at radius 3 is 2.24 bits per heavy atom. The van der Waals surface area contributed by atoms with Gasteiger partial charge in [-0.05, 0) is 29.7 Å². The monoisotopic (exact) mass is 221 g/mol. The minimum Gasteiger partial charge on any atom is -0.277 e. The molecule has 0 unspecified atom stereocenters. The van der Waals surface area contributed by atoms with Crippen molar-refractivity contribution in [2.75, 3.05) is 0 Å². The van der Waals surface area contributed by atoms with E-state index in [0.717, 1.165) is 16.6 Å². The molecule has 82 valence electrons. The Morgan fingerprint density at radius 2 is 1.41 bits per heavy atom. The van der Waals surface area contributed by atoms with E-state index in [4.69, 9.17) is 0 Å². The Bertz CT molecular complexity index is 714. The standard InChI is InChI=1S/C15H11NO/c17-15-11-10-12-6-4-5-9-14(12)16(15)13-7-2-1-3-8-13/h1-11H. The summed E-state index contributed by atoms with van der Waals surface area (Å²) >= 11 is 0. The minimum absolute atomic E-state index is 0.00472. The zero-order valence-electron chi connectivity index (χ0n) is 9.21. The van der Waals surface area contributed by atoms with Gasteiger partial charge in [0.15, 0.2) is 0 Å². The van der Waals surface area contributed by atoms with Gasteiger partial charge in [-0.25, -0.2) is 0 Å². The van der Waals surface area contributed by atoms with E-state index in [1.165, 1.54) is 0 Å². The van der Waals surface area contributed by atoms with Crippen molar-refractivity contribution in [3.63, 3.8) is 0 Å². The quantitative estimate of drug-likeness (QED) is 0.619. The van der Waals surface area contributed by atoms with Crippen LogP contribution in [0.1, 0.15) is 0 Å². The Balaban J connectivity index is 2.43. The topological polar surface area (TPSA) is 22.0 Å². The largest absolute Gasteiger partial charge is 0.277 e. The van der Waals surface area contributed by atoms with Crippen LogP contribution in [-0.4, -0.2) is 4.57 Å². The number of para-hydroxylation sites is 2. The smallest absolute Gasteiger partial charge is 0.255 e. The second-order valence-corrected chi connectivity index (χ2v) is 3.90. The predicted octanol–water partition coefficient (Wildman–Crippen LogP) is 2.99. The lowest BCUT2D eigenvalue weighted by atomic mass is 10.2. The van der Waals surface area contributed by atoms with Gasteiger partial charge < -0.3 is 0 Å². The summed E-state index contributed by atoms with van der Waals surface area (Å²) in [6.07, 6.45) is 0. The molecule has 1 aromatic heterocycles. The van der Waals surface area contributed by atoms with E-state index in [2.05, 4.69) is 0 Å². The van der Waals surface area contributed by atoms with Crippen molar-refractivity contribution in [2.45, 2.75) is 0 Å². The number of pyridine rings is 1. The molecule has 0 saturated heterocycles. The molecule has 0 atom stereocenters. The molecule has 2 aromatic carbocycles. The van der Waals surface area contributed by atoms with Crippen molar-refractivity contribution in [3.8, 4) is 5.69 Å². The maximum atomic E-state index is 12.0. The first kappa shape index (κ1) is 9.85. The van der Waals surface area contributed by atoms with Crippen LogP contribution in [0.5, 0.6) is 0 Å². The number of fused-ring (bicyclic) bond motifs is 1. The van der Waals surface area contributed by atoms with E-state index in [1.54, 1.807) is 10.6 Å². The molecule has 0 aliphatic carbocycles. The lowest BCUT2D eigenvalue weighted by molar-refractivity contribution is 1.04. The zero-order chi connectivity index (χ0) is 11.7. The highest BCUT2D eigenvalue weighted by molar-refractivity contribution is 5.80. The SMILES string of the molecule is O=c1ccc2ccccc2n1-c1ccccc1. The summed E-state index contributed by atoms with van der Waals surface area (Å²) in [5, 5.41) is 1.07. The highest BCUT2D eigenvalue weighted by Crippen LogP contribution is 2.15. The number of benzene rings is 2. The third-order valence-electron chi connectivity index (χ3n) is 2.82. The summed E-state index contributed by atoms with van der Waals surface area (Å²) in [4.78, 5) is 12.0. The van der Waals surface area contributed by atoms with Crippen molar-refractivity contribution in [3.05, 3.63) is 77.1 Å². The second kappa shape index (κ2) is 3.91. The average Bonchev–Trinajstić information content (AvgIpc) is 2.39. The normalized spacial score (nSPS) is 10.6. The van der Waals surface area contributed by atoms with Gasteiger partial charge in [-0.3, -0.25) is 9.36 Å². The molecule has 17 heavy (non-hydrogen) atoms. The molecule has 0 spiro atoms. The Labute approximate surface area is 98.8 Å². The van der Waals surface area contributed by atoms with Crippen LogP contribution in [-0.2, 0) is 0 Å². The molecule has 2 nitrogen and oxygen atoms in total. The molecule has 0 aliphatic heterocycles. The molecule has 0 aliphatic rings. The average molecular weight is 221 g/mol. The summed E-state index contributed by atoms with van der Waals surface area (Å²) in [7, 11) is 0. The lowest BCUT2D eigenvalue weighted by Gasteiger charge is -2.09. The summed E-state index contributed by atoms with van der Waals surface area (Å²) in [5.74, 6) is 0. The molecule has 0 N–H and O–H groups in total. The van der Waals surface area contributed by atoms with Crippen LogP contribution in [0.4, 0.5) is 0 Å². The van der Waals surface area contributed by atoms with Gasteiger partial charge in [-0.15, -0.1) is 0 Å². The van der Waals surface area contributed by atoms with Gasteiger partial charge >= 0.3 is 0 Å². The first-order valence-corrected chi connectivity index (χ1v) is 5.52. The van der Waals surface area contributed by atoms with Gasteiger partial charge in [0.25, 0.3) is 5.56 Å². The molecule has 3 rings (SSSR count). The molecule has 2 heteroatoms. The van der Waals surface area contributed by atoms with Gasteiger partial charge in [0.05, 0.1) is 5.52 Å². The van der Waals surface area contributed by atoms with Gasteiger partial charge in [0.1, 0.15) is 0 Å². The Kier molecular flexibility index (Phi) is 2.26. The number of aromatic nitrogens is 1. The summed E-state index contributed by atoms with van der Waals surface area (Å²) < 4.78 is 1.73. The fourth-order valence-electron chi connectivity index (χ4n) is 2.03. The molecule has 0 saturated carbocycles. The van der Waals surface area contributed by atoms with E-state index < -0.39 is 0 Å². The fourth-order valence-corrected chi connectivity index (χ4v) is 2.03. The summed E-state index contributed by atoms with van der Waals surface area (Å²) in [6.45, 7) is 0. The van der Waals surface area contributed by atoms with Gasteiger partial charge in [0, 0.05) is 11.8 Å². The maximum Gasteiger partial charge on any atom is 0.255 e. The lowest BCUT2D eigenvalue weighted by Crippen LogP contribution is -2.16. The van der Waals surface area contributed by atoms with Crippen molar-refractivity contribution in [1.29, 1.82) is 0 Å². The molecule has 0 fully saturated rings. The van der Waals surface area contributed by atoms with Gasteiger partial charge in [-0.2, -0.15) is 0 Å². The number of hydrogen-bond donors (Lipinski definition) is 0. The maximum absolute atomic E-state index is 12.0. The van der Waals surface area contributed by atoms with Crippen LogP contribution < -0.4 is 5.56 Å². The highest BCUT2D eigenvalue weighted by atomic mass is 16.1. The number of hydrogen-bond acceptors (Lipinski definition) is 1. The van der Waals surface area contributed by atoms with Gasteiger partial charge in [0.2, 0.25) is 0 Å². The molecule has 0 amide bonds. The molecule has 0 bridgehead atoms.